The van der Waals surface area contributed by atoms with Gasteiger partial charge in [0.15, 0.2) is 0 Å². The Balaban J connectivity index is 1.58. The molecule has 0 spiro atoms. The number of urea groups is 1. The fourth-order valence-electron chi connectivity index (χ4n) is 5.17. The van der Waals surface area contributed by atoms with E-state index < -0.39 is 47.1 Å². The molecule has 39 heavy (non-hydrogen) atoms. The first-order valence-electron chi connectivity index (χ1n) is 12.6. The first-order chi connectivity index (χ1) is 18.5. The zero-order chi connectivity index (χ0) is 28.3. The standard InChI is InChI=1S/C27H29F4N5O3/c1-34(2)12-5-13-39-33-25(37)20-11-10-19(15-22(20)28)36-24-7-4-3-6-23(24)35(26(36)38)18-9-8-17(16-32)21(14-18)27(29,30)31/h8-11,14-15,23-24H,3-7,12-13H2,1-2H3,(H,33,37). The molecule has 1 saturated carbocycles. The van der Waals surface area contributed by atoms with Crippen molar-refractivity contribution in [3.8, 4) is 6.07 Å². The summed E-state index contributed by atoms with van der Waals surface area (Å²) in [5.74, 6) is -1.63. The zero-order valence-corrected chi connectivity index (χ0v) is 21.6. The molecule has 0 bridgehead atoms. The molecular formula is C27H29F4N5O3. The van der Waals surface area contributed by atoms with Gasteiger partial charge in [0.2, 0.25) is 0 Å². The Morgan fingerprint density at radius 3 is 2.28 bits per heavy atom. The molecule has 1 aliphatic carbocycles. The van der Waals surface area contributed by atoms with Crippen LogP contribution in [0, 0.1) is 17.1 Å². The predicted octanol–water partition coefficient (Wildman–Crippen LogP) is 5.09. The summed E-state index contributed by atoms with van der Waals surface area (Å²) in [6, 6.07) is 7.10. The van der Waals surface area contributed by atoms with Crippen molar-refractivity contribution in [2.24, 2.45) is 0 Å². The van der Waals surface area contributed by atoms with Crippen molar-refractivity contribution in [1.82, 2.24) is 10.4 Å². The van der Waals surface area contributed by atoms with Gasteiger partial charge in [-0.25, -0.2) is 14.7 Å². The van der Waals surface area contributed by atoms with E-state index in [-0.39, 0.29) is 23.5 Å². The second-order valence-electron chi connectivity index (χ2n) is 9.88. The molecule has 1 N–H and O–H groups in total. The molecule has 2 aromatic carbocycles. The number of alkyl halides is 3. The number of rotatable bonds is 8. The number of fused-ring (bicyclic) bond motifs is 1. The number of benzene rings is 2. The Hall–Kier alpha value is -3.69. The second-order valence-corrected chi connectivity index (χ2v) is 9.88. The highest BCUT2D eigenvalue weighted by Crippen LogP contribution is 2.42. The number of halogens is 4. The van der Waals surface area contributed by atoms with Gasteiger partial charge in [-0.05, 0) is 76.3 Å². The Kier molecular flexibility index (Phi) is 8.42. The molecule has 12 heteroatoms. The van der Waals surface area contributed by atoms with E-state index in [2.05, 4.69) is 5.48 Å². The van der Waals surface area contributed by atoms with Crippen LogP contribution in [-0.4, -0.2) is 56.2 Å². The van der Waals surface area contributed by atoms with Gasteiger partial charge in [-0.1, -0.05) is 12.8 Å². The van der Waals surface area contributed by atoms with Gasteiger partial charge in [0.1, 0.15) is 5.82 Å². The van der Waals surface area contributed by atoms with Crippen LogP contribution in [0.15, 0.2) is 36.4 Å². The average Bonchev–Trinajstić information content (AvgIpc) is 3.18. The van der Waals surface area contributed by atoms with Gasteiger partial charge in [-0.3, -0.25) is 19.4 Å². The van der Waals surface area contributed by atoms with Gasteiger partial charge in [0.25, 0.3) is 5.91 Å². The van der Waals surface area contributed by atoms with E-state index >= 15 is 4.39 Å². The van der Waals surface area contributed by atoms with Crippen LogP contribution in [0.3, 0.4) is 0 Å². The van der Waals surface area contributed by atoms with Crippen molar-refractivity contribution < 1.29 is 32.0 Å². The Labute approximate surface area is 223 Å². The molecule has 1 saturated heterocycles. The van der Waals surface area contributed by atoms with Gasteiger partial charge in [0.05, 0.1) is 41.5 Å². The topological polar surface area (TPSA) is 88.9 Å². The molecule has 2 atom stereocenters. The second kappa shape index (κ2) is 11.6. The highest BCUT2D eigenvalue weighted by molar-refractivity contribution is 6.08. The van der Waals surface area contributed by atoms with Crippen LogP contribution < -0.4 is 15.3 Å². The lowest BCUT2D eigenvalue weighted by Crippen LogP contribution is -2.40. The van der Waals surface area contributed by atoms with Gasteiger partial charge >= 0.3 is 12.2 Å². The van der Waals surface area contributed by atoms with E-state index in [0.717, 1.165) is 37.6 Å². The number of nitrogens with one attached hydrogen (secondary N) is 1. The third-order valence-corrected chi connectivity index (χ3v) is 6.97. The predicted molar refractivity (Wildman–Crippen MR) is 136 cm³/mol. The first-order valence-corrected chi connectivity index (χ1v) is 12.6. The number of hydrogen-bond acceptors (Lipinski definition) is 5. The normalized spacial score (nSPS) is 19.3. The number of carbonyl (C=O) groups is 2. The van der Waals surface area contributed by atoms with Crippen LogP contribution in [0.5, 0.6) is 0 Å². The summed E-state index contributed by atoms with van der Waals surface area (Å²) in [6.45, 7) is 0.998. The lowest BCUT2D eigenvalue weighted by Gasteiger charge is -2.32. The molecule has 3 amide bonds. The zero-order valence-electron chi connectivity index (χ0n) is 21.6. The van der Waals surface area contributed by atoms with E-state index in [4.69, 9.17) is 10.1 Å². The minimum Gasteiger partial charge on any atom is -0.309 e. The largest absolute Gasteiger partial charge is 0.417 e. The van der Waals surface area contributed by atoms with Gasteiger partial charge in [-0.15, -0.1) is 0 Å². The van der Waals surface area contributed by atoms with E-state index in [1.165, 1.54) is 28.0 Å². The summed E-state index contributed by atoms with van der Waals surface area (Å²) in [4.78, 5) is 35.8. The van der Waals surface area contributed by atoms with E-state index in [1.807, 2.05) is 19.0 Å². The quantitative estimate of drug-likeness (QED) is 0.283. The summed E-state index contributed by atoms with van der Waals surface area (Å²) >= 11 is 0. The maximum absolute atomic E-state index is 15.0. The maximum atomic E-state index is 15.0. The number of amides is 3. The Morgan fingerprint density at radius 1 is 1.10 bits per heavy atom. The fraction of sp³-hybridized carbons (Fsp3) is 0.444. The van der Waals surface area contributed by atoms with Crippen molar-refractivity contribution in [2.75, 3.05) is 37.0 Å². The summed E-state index contributed by atoms with van der Waals surface area (Å²) in [5, 5.41) is 9.13. The van der Waals surface area contributed by atoms with Crippen LogP contribution in [0.1, 0.15) is 53.6 Å². The van der Waals surface area contributed by atoms with Crippen molar-refractivity contribution in [3.05, 3.63) is 58.9 Å². The number of hydrogen-bond donors (Lipinski definition) is 1. The Morgan fingerprint density at radius 2 is 1.72 bits per heavy atom. The van der Waals surface area contributed by atoms with E-state index in [9.17, 15) is 22.8 Å². The van der Waals surface area contributed by atoms with E-state index in [1.54, 1.807) is 6.07 Å². The van der Waals surface area contributed by atoms with E-state index in [0.29, 0.717) is 19.3 Å². The molecule has 0 aromatic heterocycles. The molecule has 208 valence electrons. The smallest absolute Gasteiger partial charge is 0.309 e. The molecule has 0 radical (unpaired) electrons. The lowest BCUT2D eigenvalue weighted by atomic mass is 9.89. The molecule has 2 aromatic rings. The molecular weight excluding hydrogens is 518 g/mol. The molecule has 2 aliphatic rings. The SMILES string of the molecule is CN(C)CCCONC(=O)c1ccc(N2C(=O)N(c3ccc(C#N)c(C(F)(F)F)c3)C3CCCCC32)cc1F. The third kappa shape index (κ3) is 5.99. The summed E-state index contributed by atoms with van der Waals surface area (Å²) in [7, 11) is 3.80. The molecule has 2 fully saturated rings. The number of hydroxylamine groups is 1. The van der Waals surface area contributed by atoms with Crippen LogP contribution in [0.4, 0.5) is 33.7 Å². The van der Waals surface area contributed by atoms with Crippen LogP contribution >= 0.6 is 0 Å². The number of carbonyl (C=O) groups excluding carboxylic acids is 2. The van der Waals surface area contributed by atoms with Crippen molar-refractivity contribution in [2.45, 2.75) is 50.4 Å². The number of nitriles is 1. The summed E-state index contributed by atoms with van der Waals surface area (Å²) in [5.41, 5.74) is 0.511. The molecule has 1 aliphatic heterocycles. The summed E-state index contributed by atoms with van der Waals surface area (Å²) < 4.78 is 55.9. The van der Waals surface area contributed by atoms with Crippen LogP contribution in [0.25, 0.3) is 0 Å². The van der Waals surface area contributed by atoms with Gasteiger partial charge < -0.3 is 4.90 Å². The van der Waals surface area contributed by atoms with Gasteiger partial charge in [0, 0.05) is 11.4 Å². The Bertz CT molecular complexity index is 1280. The van der Waals surface area contributed by atoms with Crippen molar-refractivity contribution in [3.63, 3.8) is 0 Å². The molecule has 4 rings (SSSR count). The number of nitrogens with zero attached hydrogens (tertiary/aromatic N) is 4. The minimum atomic E-state index is -4.77. The molecule has 2 unspecified atom stereocenters. The monoisotopic (exact) mass is 547 g/mol. The minimum absolute atomic E-state index is 0.0219. The van der Waals surface area contributed by atoms with Crippen molar-refractivity contribution in [1.29, 1.82) is 5.26 Å². The van der Waals surface area contributed by atoms with Gasteiger partial charge in [-0.2, -0.15) is 18.4 Å². The number of anilines is 2. The van der Waals surface area contributed by atoms with Crippen molar-refractivity contribution >= 4 is 23.3 Å². The molecule has 8 nitrogen and oxygen atoms in total. The summed E-state index contributed by atoms with van der Waals surface area (Å²) in [6.07, 6.45) is -1.39. The lowest BCUT2D eigenvalue weighted by molar-refractivity contribution is -0.137. The average molecular weight is 548 g/mol. The first kappa shape index (κ1) is 28.3. The molecule has 1 heterocycles. The highest BCUT2D eigenvalue weighted by Gasteiger charge is 2.48. The maximum Gasteiger partial charge on any atom is 0.417 e. The fourth-order valence-corrected chi connectivity index (χ4v) is 5.17. The van der Waals surface area contributed by atoms with Crippen LogP contribution in [-0.2, 0) is 11.0 Å². The van der Waals surface area contributed by atoms with Crippen LogP contribution in [0.2, 0.25) is 0 Å². The third-order valence-electron chi connectivity index (χ3n) is 6.97. The highest BCUT2D eigenvalue weighted by atomic mass is 19.4.